The summed E-state index contributed by atoms with van der Waals surface area (Å²) in [7, 11) is -0.967. The lowest BCUT2D eigenvalue weighted by Crippen LogP contribution is -2.12. The molecule has 0 saturated heterocycles. The predicted molar refractivity (Wildman–Crippen MR) is 106 cm³/mol. The van der Waals surface area contributed by atoms with Gasteiger partial charge in [-0.1, -0.05) is 58.8 Å². The molecule has 24 heavy (non-hydrogen) atoms. The molecule has 0 fully saturated rings. The second kappa shape index (κ2) is 13.8. The van der Waals surface area contributed by atoms with Crippen LogP contribution in [0.25, 0.3) is 0 Å². The first-order valence-electron chi connectivity index (χ1n) is 9.99. The Labute approximate surface area is 149 Å². The Bertz CT molecular complexity index is 434. The number of hydrogen-bond acceptors (Lipinski definition) is 0. The van der Waals surface area contributed by atoms with Crippen LogP contribution in [0.3, 0.4) is 0 Å². The molecule has 0 bridgehead atoms. The molecule has 138 valence electrons. The first-order chi connectivity index (χ1) is 11.7. The van der Waals surface area contributed by atoms with Crippen LogP contribution in [-0.2, 0) is 0 Å². The third-order valence-corrected chi connectivity index (χ3v) is 7.78. The van der Waals surface area contributed by atoms with E-state index in [2.05, 4.69) is 13.8 Å². The van der Waals surface area contributed by atoms with Crippen molar-refractivity contribution in [1.29, 1.82) is 0 Å². The summed E-state index contributed by atoms with van der Waals surface area (Å²) in [5, 5.41) is 0.697. The van der Waals surface area contributed by atoms with E-state index in [0.29, 0.717) is 5.30 Å². The van der Waals surface area contributed by atoms with Gasteiger partial charge in [-0.3, -0.25) is 0 Å². The lowest BCUT2D eigenvalue weighted by molar-refractivity contribution is 0.601. The van der Waals surface area contributed by atoms with Crippen molar-refractivity contribution in [2.24, 2.45) is 0 Å². The van der Waals surface area contributed by atoms with Gasteiger partial charge in [-0.05, 0) is 37.8 Å². The van der Waals surface area contributed by atoms with E-state index in [0.717, 1.165) is 18.7 Å². The monoisotopic (exact) mass is 357 g/mol. The van der Waals surface area contributed by atoms with E-state index < -0.39 is 7.92 Å². The minimum absolute atomic E-state index is 0.191. The standard InChI is InChI=1S/C21H35F2P/c1-3-5-7-9-10-11-13-17-24(16-12-8-6-4-2)21-18-19(22)14-15-20(21)23/h14-15,18H,3-13,16-17H2,1-2H3/p+1. The largest absolute Gasteiger partial charge is 0.207 e. The maximum Gasteiger partial charge on any atom is 0.165 e. The van der Waals surface area contributed by atoms with Crippen LogP contribution in [0.5, 0.6) is 0 Å². The molecule has 1 aromatic carbocycles. The Morgan fingerprint density at radius 1 is 0.708 bits per heavy atom. The van der Waals surface area contributed by atoms with Crippen LogP contribution in [0, 0.1) is 11.6 Å². The van der Waals surface area contributed by atoms with Gasteiger partial charge >= 0.3 is 0 Å². The molecule has 0 aliphatic heterocycles. The minimum atomic E-state index is -0.967. The van der Waals surface area contributed by atoms with E-state index in [-0.39, 0.29) is 11.6 Å². The molecule has 0 saturated carbocycles. The molecule has 1 atom stereocenters. The van der Waals surface area contributed by atoms with E-state index in [9.17, 15) is 8.78 Å². The fourth-order valence-corrected chi connectivity index (χ4v) is 6.13. The molecule has 0 N–H and O–H groups in total. The summed E-state index contributed by atoms with van der Waals surface area (Å²) < 4.78 is 27.7. The van der Waals surface area contributed by atoms with Gasteiger partial charge in [0.05, 0.1) is 12.3 Å². The summed E-state index contributed by atoms with van der Waals surface area (Å²) >= 11 is 0. The molecule has 0 aromatic heterocycles. The van der Waals surface area contributed by atoms with E-state index in [1.54, 1.807) is 0 Å². The summed E-state index contributed by atoms with van der Waals surface area (Å²) in [5.41, 5.74) is 0. The average molecular weight is 357 g/mol. The number of hydrogen-bond donors (Lipinski definition) is 0. The molecule has 1 aromatic rings. The zero-order valence-corrected chi connectivity index (χ0v) is 16.7. The molecule has 0 aliphatic rings. The molecule has 1 rings (SSSR count). The van der Waals surface area contributed by atoms with Crippen LogP contribution in [0.1, 0.15) is 84.5 Å². The number of halogens is 2. The highest BCUT2D eigenvalue weighted by Gasteiger charge is 2.23. The Balaban J connectivity index is 2.47. The topological polar surface area (TPSA) is 0 Å². The van der Waals surface area contributed by atoms with Gasteiger partial charge in [-0.25, -0.2) is 8.78 Å². The van der Waals surface area contributed by atoms with Crippen molar-refractivity contribution in [3.05, 3.63) is 29.8 Å². The van der Waals surface area contributed by atoms with Gasteiger partial charge in [0.1, 0.15) is 11.1 Å². The number of benzene rings is 1. The van der Waals surface area contributed by atoms with Crippen molar-refractivity contribution in [2.45, 2.75) is 84.5 Å². The zero-order valence-electron chi connectivity index (χ0n) is 15.7. The van der Waals surface area contributed by atoms with E-state index in [1.165, 1.54) is 82.4 Å². The van der Waals surface area contributed by atoms with Gasteiger partial charge in [-0.2, -0.15) is 0 Å². The molecular formula is C21H36F2P+. The molecule has 0 nitrogen and oxygen atoms in total. The lowest BCUT2D eigenvalue weighted by atomic mass is 10.1. The maximum atomic E-state index is 14.2. The van der Waals surface area contributed by atoms with Crippen molar-refractivity contribution in [3.8, 4) is 0 Å². The van der Waals surface area contributed by atoms with Crippen LogP contribution >= 0.6 is 7.92 Å². The summed E-state index contributed by atoms with van der Waals surface area (Å²) in [6.07, 6.45) is 16.0. The third kappa shape index (κ3) is 9.11. The van der Waals surface area contributed by atoms with Crippen molar-refractivity contribution in [1.82, 2.24) is 0 Å². The van der Waals surface area contributed by atoms with E-state index in [4.69, 9.17) is 0 Å². The molecule has 0 amide bonds. The number of unbranched alkanes of at least 4 members (excludes halogenated alkanes) is 9. The first-order valence-corrected chi connectivity index (χ1v) is 11.9. The third-order valence-electron chi connectivity index (χ3n) is 4.72. The molecule has 0 spiro atoms. The normalized spacial score (nSPS) is 12.5. The first kappa shape index (κ1) is 21.6. The van der Waals surface area contributed by atoms with Crippen LogP contribution < -0.4 is 5.30 Å². The van der Waals surface area contributed by atoms with E-state index >= 15 is 0 Å². The highest BCUT2D eigenvalue weighted by Crippen LogP contribution is 2.38. The SMILES string of the molecule is CCCCCCCCC[PH+](CCCCCC)c1cc(F)ccc1F. The van der Waals surface area contributed by atoms with Crippen molar-refractivity contribution in [2.75, 3.05) is 12.3 Å². The number of rotatable bonds is 14. The zero-order chi connectivity index (χ0) is 17.6. The lowest BCUT2D eigenvalue weighted by Gasteiger charge is -2.12. The minimum Gasteiger partial charge on any atom is -0.207 e. The molecule has 0 aliphatic carbocycles. The van der Waals surface area contributed by atoms with Gasteiger partial charge in [0.25, 0.3) is 0 Å². The summed E-state index contributed by atoms with van der Waals surface area (Å²) in [5.74, 6) is -0.481. The van der Waals surface area contributed by atoms with Crippen molar-refractivity contribution in [3.63, 3.8) is 0 Å². The van der Waals surface area contributed by atoms with Gasteiger partial charge in [0.2, 0.25) is 0 Å². The maximum absolute atomic E-state index is 14.2. The molecule has 1 unspecified atom stereocenters. The smallest absolute Gasteiger partial charge is 0.165 e. The molecule has 3 heteroatoms. The Hall–Kier alpha value is -0.490. The Kier molecular flexibility index (Phi) is 12.4. The second-order valence-corrected chi connectivity index (χ2v) is 9.66. The van der Waals surface area contributed by atoms with Gasteiger partial charge < -0.3 is 0 Å². The highest BCUT2D eigenvalue weighted by atomic mass is 31.1. The van der Waals surface area contributed by atoms with Gasteiger partial charge in [-0.15, -0.1) is 0 Å². The van der Waals surface area contributed by atoms with Crippen molar-refractivity contribution < 1.29 is 8.78 Å². The van der Waals surface area contributed by atoms with Crippen LogP contribution in [0.15, 0.2) is 18.2 Å². The molecule has 0 radical (unpaired) electrons. The van der Waals surface area contributed by atoms with Crippen LogP contribution in [-0.4, -0.2) is 12.3 Å². The van der Waals surface area contributed by atoms with Gasteiger partial charge in [0.15, 0.2) is 5.82 Å². The summed E-state index contributed by atoms with van der Waals surface area (Å²) in [4.78, 5) is 0. The quantitative estimate of drug-likeness (QED) is 0.245. The Morgan fingerprint density at radius 3 is 1.79 bits per heavy atom. The van der Waals surface area contributed by atoms with Gasteiger partial charge in [0, 0.05) is 14.0 Å². The highest BCUT2D eigenvalue weighted by molar-refractivity contribution is 7.65. The average Bonchev–Trinajstić information content (AvgIpc) is 2.58. The fourth-order valence-electron chi connectivity index (χ4n) is 3.22. The Morgan fingerprint density at radius 2 is 1.21 bits per heavy atom. The molecular weight excluding hydrogens is 321 g/mol. The molecule has 0 heterocycles. The van der Waals surface area contributed by atoms with Crippen LogP contribution in [0.2, 0.25) is 0 Å². The fraction of sp³-hybridized carbons (Fsp3) is 0.714. The van der Waals surface area contributed by atoms with Crippen LogP contribution in [0.4, 0.5) is 8.78 Å². The van der Waals surface area contributed by atoms with Crippen molar-refractivity contribution >= 4 is 13.2 Å². The van der Waals surface area contributed by atoms with E-state index in [1.807, 2.05) is 0 Å². The second-order valence-electron chi connectivity index (χ2n) is 6.91. The summed E-state index contributed by atoms with van der Waals surface area (Å²) in [6.45, 7) is 4.44. The predicted octanol–water partition coefficient (Wildman–Crippen LogP) is 7.14. The summed E-state index contributed by atoms with van der Waals surface area (Å²) in [6, 6.07) is 4.01.